The summed E-state index contributed by atoms with van der Waals surface area (Å²) in [6, 6.07) is 7.60. The van der Waals surface area contributed by atoms with Crippen molar-refractivity contribution in [1.82, 2.24) is 9.66 Å². The summed E-state index contributed by atoms with van der Waals surface area (Å²) in [7, 11) is 1.62. The normalized spacial score (nSPS) is 10.5. The first-order chi connectivity index (χ1) is 8.19. The van der Waals surface area contributed by atoms with Gasteiger partial charge in [-0.1, -0.05) is 19.1 Å². The van der Waals surface area contributed by atoms with Crippen LogP contribution in [0, 0.1) is 0 Å². The van der Waals surface area contributed by atoms with Gasteiger partial charge in [0.25, 0.3) is 0 Å². The molecule has 0 fully saturated rings. The van der Waals surface area contributed by atoms with Gasteiger partial charge >= 0.3 is 0 Å². The van der Waals surface area contributed by atoms with Crippen LogP contribution in [0.4, 0.5) is 5.82 Å². The molecule has 17 heavy (non-hydrogen) atoms. The number of hydrogen-bond donors (Lipinski definition) is 2. The topological polar surface area (TPSA) is 79.1 Å². The second-order valence-corrected chi connectivity index (χ2v) is 3.69. The van der Waals surface area contributed by atoms with E-state index >= 15 is 0 Å². The van der Waals surface area contributed by atoms with Gasteiger partial charge in [0, 0.05) is 12.0 Å². The molecule has 0 radical (unpaired) electrons. The molecule has 0 atom stereocenters. The van der Waals surface area contributed by atoms with Crippen LogP contribution in [-0.4, -0.2) is 16.8 Å². The number of nitrogens with zero attached hydrogens (tertiary/aromatic N) is 2. The fourth-order valence-electron chi connectivity index (χ4n) is 1.78. The van der Waals surface area contributed by atoms with Crippen molar-refractivity contribution in [1.29, 1.82) is 0 Å². The Balaban J connectivity index is 2.60. The summed E-state index contributed by atoms with van der Waals surface area (Å²) in [5.41, 5.74) is 7.48. The van der Waals surface area contributed by atoms with Gasteiger partial charge in [-0.15, -0.1) is 0 Å². The number of nitrogens with two attached hydrogens (primary N) is 2. The fourth-order valence-corrected chi connectivity index (χ4v) is 1.78. The van der Waals surface area contributed by atoms with Gasteiger partial charge in [0.2, 0.25) is 0 Å². The van der Waals surface area contributed by atoms with Crippen molar-refractivity contribution in [2.45, 2.75) is 13.3 Å². The van der Waals surface area contributed by atoms with Crippen molar-refractivity contribution < 1.29 is 4.74 Å². The van der Waals surface area contributed by atoms with Crippen LogP contribution in [-0.2, 0) is 6.42 Å². The van der Waals surface area contributed by atoms with Crippen molar-refractivity contribution in [3.8, 4) is 17.0 Å². The SMILES string of the molecule is CCc1nc(-c2ccccc2OC)c(N)n1N. The molecule has 4 N–H and O–H groups in total. The zero-order valence-electron chi connectivity index (χ0n) is 9.97. The average molecular weight is 232 g/mol. The molecule has 5 nitrogen and oxygen atoms in total. The predicted octanol–water partition coefficient (Wildman–Crippen LogP) is 1.42. The number of aromatic nitrogens is 2. The molecule has 2 aromatic rings. The number of nitrogen functional groups attached to an aromatic ring is 2. The maximum atomic E-state index is 5.95. The molecule has 1 aromatic carbocycles. The highest BCUT2D eigenvalue weighted by Gasteiger charge is 2.16. The molecule has 0 amide bonds. The van der Waals surface area contributed by atoms with Gasteiger partial charge in [0.1, 0.15) is 17.3 Å². The van der Waals surface area contributed by atoms with Gasteiger partial charge < -0.3 is 16.3 Å². The molecule has 0 unspecified atom stereocenters. The van der Waals surface area contributed by atoms with Gasteiger partial charge in [-0.3, -0.25) is 0 Å². The van der Waals surface area contributed by atoms with E-state index in [2.05, 4.69) is 4.98 Å². The van der Waals surface area contributed by atoms with Gasteiger partial charge in [-0.05, 0) is 12.1 Å². The van der Waals surface area contributed by atoms with E-state index in [0.29, 0.717) is 11.5 Å². The lowest BCUT2D eigenvalue weighted by Gasteiger charge is -2.06. The third-order valence-electron chi connectivity index (χ3n) is 2.70. The molecule has 90 valence electrons. The van der Waals surface area contributed by atoms with Gasteiger partial charge in [0.15, 0.2) is 5.82 Å². The Kier molecular flexibility index (Phi) is 2.91. The summed E-state index contributed by atoms with van der Waals surface area (Å²) in [6.45, 7) is 1.98. The van der Waals surface area contributed by atoms with E-state index in [1.807, 2.05) is 31.2 Å². The van der Waals surface area contributed by atoms with Crippen LogP contribution in [0.3, 0.4) is 0 Å². The molecule has 0 bridgehead atoms. The summed E-state index contributed by atoms with van der Waals surface area (Å²) in [5, 5.41) is 0. The second-order valence-electron chi connectivity index (χ2n) is 3.69. The molecule has 2 rings (SSSR count). The van der Waals surface area contributed by atoms with E-state index in [1.54, 1.807) is 7.11 Å². The Morgan fingerprint density at radius 1 is 1.35 bits per heavy atom. The van der Waals surface area contributed by atoms with E-state index in [1.165, 1.54) is 4.68 Å². The van der Waals surface area contributed by atoms with Gasteiger partial charge in [0.05, 0.1) is 7.11 Å². The number of benzene rings is 1. The summed E-state index contributed by atoms with van der Waals surface area (Å²) >= 11 is 0. The van der Waals surface area contributed by atoms with Crippen LogP contribution >= 0.6 is 0 Å². The van der Waals surface area contributed by atoms with Crippen LogP contribution in [0.5, 0.6) is 5.75 Å². The Morgan fingerprint density at radius 2 is 2.06 bits per heavy atom. The number of para-hydroxylation sites is 1. The standard InChI is InChI=1S/C12H16N4O/c1-3-10-15-11(12(13)16(10)14)8-6-4-5-7-9(8)17-2/h4-7H,3,13-14H2,1-2H3. The summed E-state index contributed by atoms with van der Waals surface area (Å²) in [5.74, 6) is 7.77. The van der Waals surface area contributed by atoms with E-state index < -0.39 is 0 Å². The molecule has 0 saturated carbocycles. The first-order valence-electron chi connectivity index (χ1n) is 5.44. The molecule has 0 aliphatic heterocycles. The number of anilines is 1. The van der Waals surface area contributed by atoms with Crippen LogP contribution in [0.15, 0.2) is 24.3 Å². The predicted molar refractivity (Wildman–Crippen MR) is 68.2 cm³/mol. The minimum absolute atomic E-state index is 0.450. The third-order valence-corrected chi connectivity index (χ3v) is 2.70. The van der Waals surface area contributed by atoms with Gasteiger partial charge in [-0.25, -0.2) is 9.66 Å². The maximum Gasteiger partial charge on any atom is 0.150 e. The van der Waals surface area contributed by atoms with Crippen LogP contribution in [0.2, 0.25) is 0 Å². The maximum absolute atomic E-state index is 5.95. The Bertz CT molecular complexity index is 533. The Morgan fingerprint density at radius 3 is 2.65 bits per heavy atom. The lowest BCUT2D eigenvalue weighted by atomic mass is 10.1. The molecule has 1 aromatic heterocycles. The average Bonchev–Trinajstić information content (AvgIpc) is 2.66. The number of aryl methyl sites for hydroxylation is 1. The zero-order valence-corrected chi connectivity index (χ0v) is 9.97. The smallest absolute Gasteiger partial charge is 0.150 e. The second kappa shape index (κ2) is 4.37. The lowest BCUT2D eigenvalue weighted by molar-refractivity contribution is 0.416. The lowest BCUT2D eigenvalue weighted by Crippen LogP contribution is -2.14. The molecule has 1 heterocycles. The molecule has 0 aliphatic rings. The third kappa shape index (κ3) is 1.80. The Hall–Kier alpha value is -2.17. The number of methoxy groups -OCH3 is 1. The first kappa shape index (κ1) is 11.3. The fraction of sp³-hybridized carbons (Fsp3) is 0.250. The quantitative estimate of drug-likeness (QED) is 0.784. The minimum atomic E-state index is 0.450. The monoisotopic (exact) mass is 232 g/mol. The van der Waals surface area contributed by atoms with Gasteiger partial charge in [-0.2, -0.15) is 0 Å². The minimum Gasteiger partial charge on any atom is -0.496 e. The van der Waals surface area contributed by atoms with E-state index in [4.69, 9.17) is 16.3 Å². The highest BCUT2D eigenvalue weighted by molar-refractivity contribution is 5.76. The van der Waals surface area contributed by atoms with E-state index in [0.717, 1.165) is 23.6 Å². The Labute approximate surface area is 100.0 Å². The summed E-state index contributed by atoms with van der Waals surface area (Å²) in [6.07, 6.45) is 0.732. The summed E-state index contributed by atoms with van der Waals surface area (Å²) in [4.78, 5) is 4.44. The molecular formula is C12H16N4O. The van der Waals surface area contributed by atoms with Crippen molar-refractivity contribution in [3.05, 3.63) is 30.1 Å². The van der Waals surface area contributed by atoms with Crippen molar-refractivity contribution in [2.75, 3.05) is 18.7 Å². The number of ether oxygens (including phenoxy) is 1. The number of rotatable bonds is 3. The van der Waals surface area contributed by atoms with E-state index in [9.17, 15) is 0 Å². The van der Waals surface area contributed by atoms with Crippen LogP contribution < -0.4 is 16.3 Å². The summed E-state index contributed by atoms with van der Waals surface area (Å²) < 4.78 is 6.71. The molecule has 0 aliphatic carbocycles. The van der Waals surface area contributed by atoms with Crippen LogP contribution in [0.1, 0.15) is 12.7 Å². The molecule has 0 saturated heterocycles. The highest BCUT2D eigenvalue weighted by atomic mass is 16.5. The molecular weight excluding hydrogens is 216 g/mol. The largest absolute Gasteiger partial charge is 0.496 e. The van der Waals surface area contributed by atoms with Crippen molar-refractivity contribution >= 4 is 5.82 Å². The zero-order chi connectivity index (χ0) is 12.4. The number of imidazole rings is 1. The van der Waals surface area contributed by atoms with Crippen LogP contribution in [0.25, 0.3) is 11.3 Å². The van der Waals surface area contributed by atoms with Crippen molar-refractivity contribution in [2.24, 2.45) is 0 Å². The van der Waals surface area contributed by atoms with E-state index in [-0.39, 0.29) is 0 Å². The van der Waals surface area contributed by atoms with Crippen molar-refractivity contribution in [3.63, 3.8) is 0 Å². The first-order valence-corrected chi connectivity index (χ1v) is 5.44. The number of hydrogen-bond acceptors (Lipinski definition) is 4. The molecule has 5 heteroatoms. The molecule has 0 spiro atoms. The highest BCUT2D eigenvalue weighted by Crippen LogP contribution is 2.32.